The lowest BCUT2D eigenvalue weighted by molar-refractivity contribution is 0.100. The van der Waals surface area contributed by atoms with Crippen molar-refractivity contribution < 1.29 is 4.79 Å². The molecule has 0 saturated carbocycles. The predicted octanol–water partition coefficient (Wildman–Crippen LogP) is 0.720. The average molecular weight is 221 g/mol. The molecule has 76 valence electrons. The number of carbonyl (C=O) groups is 1. The van der Waals surface area contributed by atoms with Gasteiger partial charge in [-0.2, -0.15) is 5.21 Å². The number of benzene rings is 1. The fraction of sp³-hybridized carbons (Fsp3) is 0. The minimum atomic E-state index is -0.280. The van der Waals surface area contributed by atoms with Crippen molar-refractivity contribution in [2.75, 3.05) is 5.43 Å². The maximum Gasteiger partial charge on any atom is 0.271 e. The summed E-state index contributed by atoms with van der Waals surface area (Å²) in [5.41, 5.74) is 3.04. The molecular formula is C8H7N5OS. The molecule has 2 N–H and O–H groups in total. The summed E-state index contributed by atoms with van der Waals surface area (Å²) in [6.45, 7) is 0. The Kier molecular flexibility index (Phi) is 2.55. The fourth-order valence-electron chi connectivity index (χ4n) is 1.03. The highest BCUT2D eigenvalue weighted by atomic mass is 32.1. The van der Waals surface area contributed by atoms with Crippen LogP contribution in [0.15, 0.2) is 30.3 Å². The molecule has 1 aromatic heterocycles. The second-order valence-electron chi connectivity index (χ2n) is 2.72. The van der Waals surface area contributed by atoms with Crippen LogP contribution in [0.25, 0.3) is 0 Å². The van der Waals surface area contributed by atoms with Crippen LogP contribution in [-0.2, 0) is 0 Å². The number of H-pyrrole nitrogens is 1. The van der Waals surface area contributed by atoms with Crippen LogP contribution in [0.1, 0.15) is 10.4 Å². The Labute approximate surface area is 89.9 Å². The van der Waals surface area contributed by atoms with E-state index in [1.807, 2.05) is 6.07 Å². The number of tetrazole rings is 1. The summed E-state index contributed by atoms with van der Waals surface area (Å²) in [5, 5.41) is 9.38. The van der Waals surface area contributed by atoms with Gasteiger partial charge in [0.05, 0.1) is 0 Å². The zero-order valence-corrected chi connectivity index (χ0v) is 8.36. The predicted molar refractivity (Wildman–Crippen MR) is 55.3 cm³/mol. The van der Waals surface area contributed by atoms with E-state index in [2.05, 4.69) is 21.0 Å². The molecule has 1 heterocycles. The summed E-state index contributed by atoms with van der Waals surface area (Å²) >= 11 is 4.80. The molecule has 0 aliphatic carbocycles. The van der Waals surface area contributed by atoms with E-state index in [1.165, 1.54) is 4.79 Å². The zero-order chi connectivity index (χ0) is 10.7. The first-order valence-electron chi connectivity index (χ1n) is 4.14. The van der Waals surface area contributed by atoms with Crippen LogP contribution in [0.2, 0.25) is 0 Å². The Morgan fingerprint density at radius 1 is 1.40 bits per heavy atom. The lowest BCUT2D eigenvalue weighted by Gasteiger charge is -2.03. The maximum atomic E-state index is 11.6. The van der Waals surface area contributed by atoms with E-state index in [1.54, 1.807) is 24.3 Å². The summed E-state index contributed by atoms with van der Waals surface area (Å²) in [7, 11) is 0. The fourth-order valence-corrected chi connectivity index (χ4v) is 1.15. The Bertz CT molecular complexity index is 517. The molecule has 0 radical (unpaired) electrons. The highest BCUT2D eigenvalue weighted by Crippen LogP contribution is 1.98. The number of nitrogens with one attached hydrogen (secondary N) is 2. The normalized spacial score (nSPS) is 9.87. The summed E-state index contributed by atoms with van der Waals surface area (Å²) in [4.78, 5) is 12.8. The first kappa shape index (κ1) is 9.53. The second kappa shape index (κ2) is 4.01. The van der Waals surface area contributed by atoms with Gasteiger partial charge in [0.25, 0.3) is 10.7 Å². The first-order chi connectivity index (χ1) is 7.27. The van der Waals surface area contributed by atoms with E-state index in [0.717, 1.165) is 0 Å². The average Bonchev–Trinajstić information content (AvgIpc) is 2.66. The van der Waals surface area contributed by atoms with Crippen LogP contribution >= 0.6 is 12.2 Å². The molecular weight excluding hydrogens is 214 g/mol. The van der Waals surface area contributed by atoms with Crippen molar-refractivity contribution in [3.05, 3.63) is 40.7 Å². The Morgan fingerprint density at radius 2 is 2.13 bits per heavy atom. The molecule has 2 rings (SSSR count). The van der Waals surface area contributed by atoms with Gasteiger partial charge in [0.15, 0.2) is 0 Å². The van der Waals surface area contributed by atoms with Crippen molar-refractivity contribution in [2.45, 2.75) is 0 Å². The standard InChI is InChI=1S/C8H7N5OS/c14-7(6-4-2-1-3-5-6)10-13-8(15)9-11-12-13/h1-5H,(H,10,14)(H,9,12,15). The summed E-state index contributed by atoms with van der Waals surface area (Å²) in [6, 6.07) is 8.78. The number of carbonyl (C=O) groups excluding carboxylic acids is 1. The van der Waals surface area contributed by atoms with Gasteiger partial charge in [-0.1, -0.05) is 23.3 Å². The number of aromatic amines is 1. The van der Waals surface area contributed by atoms with Gasteiger partial charge >= 0.3 is 0 Å². The molecule has 0 spiro atoms. The van der Waals surface area contributed by atoms with Crippen LogP contribution in [0, 0.1) is 4.77 Å². The van der Waals surface area contributed by atoms with Crippen LogP contribution in [0.5, 0.6) is 0 Å². The Balaban J connectivity index is 2.18. The van der Waals surface area contributed by atoms with Crippen molar-refractivity contribution in [1.29, 1.82) is 0 Å². The van der Waals surface area contributed by atoms with Crippen molar-refractivity contribution in [1.82, 2.24) is 20.3 Å². The molecule has 1 aromatic carbocycles. The molecule has 1 amide bonds. The van der Waals surface area contributed by atoms with E-state index >= 15 is 0 Å². The minimum Gasteiger partial charge on any atom is -0.267 e. The Hall–Kier alpha value is -2.02. The van der Waals surface area contributed by atoms with E-state index in [0.29, 0.717) is 5.56 Å². The minimum absolute atomic E-state index is 0.166. The second-order valence-corrected chi connectivity index (χ2v) is 3.09. The zero-order valence-electron chi connectivity index (χ0n) is 7.54. The van der Waals surface area contributed by atoms with Crippen LogP contribution in [0.4, 0.5) is 0 Å². The van der Waals surface area contributed by atoms with Crippen molar-refractivity contribution in [3.63, 3.8) is 0 Å². The van der Waals surface area contributed by atoms with Gasteiger partial charge in [-0.3, -0.25) is 4.79 Å². The van der Waals surface area contributed by atoms with Crippen LogP contribution in [-0.4, -0.2) is 26.2 Å². The maximum absolute atomic E-state index is 11.6. The molecule has 0 aliphatic rings. The third kappa shape index (κ3) is 2.08. The molecule has 6 nitrogen and oxygen atoms in total. The summed E-state index contributed by atoms with van der Waals surface area (Å²) in [5.74, 6) is -0.280. The van der Waals surface area contributed by atoms with Crippen LogP contribution < -0.4 is 5.43 Å². The number of aromatic nitrogens is 4. The van der Waals surface area contributed by atoms with E-state index in [-0.39, 0.29) is 10.7 Å². The molecule has 0 atom stereocenters. The number of nitrogens with zero attached hydrogens (tertiary/aromatic N) is 3. The molecule has 0 bridgehead atoms. The largest absolute Gasteiger partial charge is 0.271 e. The first-order valence-corrected chi connectivity index (χ1v) is 4.55. The number of hydrogen-bond acceptors (Lipinski definition) is 4. The molecule has 15 heavy (non-hydrogen) atoms. The topological polar surface area (TPSA) is 75.6 Å². The number of hydrogen-bond donors (Lipinski definition) is 2. The summed E-state index contributed by atoms with van der Waals surface area (Å²) < 4.78 is 0.166. The van der Waals surface area contributed by atoms with Gasteiger partial charge in [0.1, 0.15) is 0 Å². The van der Waals surface area contributed by atoms with Crippen LogP contribution in [0.3, 0.4) is 0 Å². The Morgan fingerprint density at radius 3 is 2.73 bits per heavy atom. The lowest BCUT2D eigenvalue weighted by atomic mass is 10.2. The van der Waals surface area contributed by atoms with Crippen molar-refractivity contribution in [2.24, 2.45) is 0 Å². The third-order valence-corrected chi connectivity index (χ3v) is 1.99. The monoisotopic (exact) mass is 221 g/mol. The molecule has 7 heteroatoms. The summed E-state index contributed by atoms with van der Waals surface area (Å²) in [6.07, 6.45) is 0. The third-order valence-electron chi connectivity index (χ3n) is 1.72. The smallest absolute Gasteiger partial charge is 0.267 e. The van der Waals surface area contributed by atoms with E-state index < -0.39 is 0 Å². The molecule has 2 aromatic rings. The highest BCUT2D eigenvalue weighted by Gasteiger charge is 2.05. The van der Waals surface area contributed by atoms with Crippen molar-refractivity contribution >= 4 is 18.1 Å². The van der Waals surface area contributed by atoms with Crippen molar-refractivity contribution in [3.8, 4) is 0 Å². The van der Waals surface area contributed by atoms with Gasteiger partial charge in [0, 0.05) is 5.56 Å². The number of rotatable bonds is 2. The highest BCUT2D eigenvalue weighted by molar-refractivity contribution is 7.71. The van der Waals surface area contributed by atoms with Gasteiger partial charge in [-0.05, 0) is 29.6 Å². The number of amides is 1. The molecule has 0 saturated heterocycles. The van der Waals surface area contributed by atoms with E-state index in [4.69, 9.17) is 12.2 Å². The molecule has 0 unspecified atom stereocenters. The van der Waals surface area contributed by atoms with E-state index in [9.17, 15) is 4.79 Å². The van der Waals surface area contributed by atoms with Gasteiger partial charge in [-0.15, -0.1) is 4.79 Å². The lowest BCUT2D eigenvalue weighted by Crippen LogP contribution is -2.24. The molecule has 0 aliphatic heterocycles. The SMILES string of the molecule is O=C(Nn1[nH]nnc1=S)c1ccccc1. The van der Waals surface area contributed by atoms with Gasteiger partial charge < -0.3 is 0 Å². The van der Waals surface area contributed by atoms with Gasteiger partial charge in [0.2, 0.25) is 0 Å². The molecule has 0 fully saturated rings. The van der Waals surface area contributed by atoms with Gasteiger partial charge in [-0.25, -0.2) is 5.43 Å². The quantitative estimate of drug-likeness (QED) is 0.733.